The third kappa shape index (κ3) is 12.6. The van der Waals surface area contributed by atoms with Crippen LogP contribution in [0.4, 0.5) is 0 Å². The maximum Gasteiger partial charge on any atom is 0.137 e. The molecule has 138 valence electrons. The smallest absolute Gasteiger partial charge is 0.137 e. The molecule has 0 amide bonds. The van der Waals surface area contributed by atoms with E-state index >= 15 is 0 Å². The largest absolute Gasteiger partial charge is 0.378 e. The molecule has 0 aliphatic carbocycles. The molecule has 0 fully saturated rings. The first kappa shape index (κ1) is 23.2. The molecule has 0 heterocycles. The van der Waals surface area contributed by atoms with Gasteiger partial charge in [0, 0.05) is 6.42 Å². The molecule has 0 aromatic heterocycles. The van der Waals surface area contributed by atoms with Gasteiger partial charge in [0.05, 0.1) is 46.2 Å². The lowest BCUT2D eigenvalue weighted by Gasteiger charge is -2.31. The van der Waals surface area contributed by atoms with Crippen LogP contribution in [0.25, 0.3) is 0 Å². The highest BCUT2D eigenvalue weighted by Crippen LogP contribution is 2.35. The Morgan fingerprint density at radius 3 is 1.71 bits per heavy atom. The molecule has 0 atom stereocenters. The van der Waals surface area contributed by atoms with Gasteiger partial charge < -0.3 is 18.9 Å². The van der Waals surface area contributed by atoms with E-state index in [4.69, 9.17) is 25.4 Å². The van der Waals surface area contributed by atoms with Crippen molar-refractivity contribution in [1.82, 2.24) is 0 Å². The molecule has 0 saturated heterocycles. The third-order valence-electron chi connectivity index (χ3n) is 3.95. The van der Waals surface area contributed by atoms with Gasteiger partial charge in [-0.3, -0.25) is 0 Å². The van der Waals surface area contributed by atoms with Gasteiger partial charge in [0.25, 0.3) is 0 Å². The van der Waals surface area contributed by atoms with E-state index in [0.717, 1.165) is 6.42 Å². The van der Waals surface area contributed by atoms with Gasteiger partial charge in [0.1, 0.15) is 14.7 Å². The summed E-state index contributed by atoms with van der Waals surface area (Å²) in [5, 5.41) is 0.310. The predicted molar refractivity (Wildman–Crippen MR) is 102 cm³/mol. The summed E-state index contributed by atoms with van der Waals surface area (Å²) in [5.74, 6) is 5.68. The van der Waals surface area contributed by atoms with Crippen LogP contribution in [0.5, 0.6) is 0 Å². The van der Waals surface area contributed by atoms with Crippen molar-refractivity contribution in [2.45, 2.75) is 45.3 Å². The molecular formula is C19H34O4Si. The van der Waals surface area contributed by atoms with Crippen LogP contribution in [0, 0.1) is 23.8 Å². The highest BCUT2D eigenvalue weighted by Gasteiger charge is 2.33. The average Bonchev–Trinajstić information content (AvgIpc) is 2.50. The molecule has 24 heavy (non-hydrogen) atoms. The molecule has 0 aliphatic heterocycles. The van der Waals surface area contributed by atoms with Gasteiger partial charge in [-0.15, -0.1) is 17.9 Å². The van der Waals surface area contributed by atoms with Crippen LogP contribution in [0.15, 0.2) is 0 Å². The second-order valence-electron chi connectivity index (χ2n) is 7.02. The van der Waals surface area contributed by atoms with E-state index in [9.17, 15) is 0 Å². The molecule has 0 N–H and O–H groups in total. The number of ether oxygens (including phenoxy) is 4. The van der Waals surface area contributed by atoms with Gasteiger partial charge in [-0.05, 0) is 5.04 Å². The molecule has 4 nitrogen and oxygen atoms in total. The minimum Gasteiger partial charge on any atom is -0.378 e. The van der Waals surface area contributed by atoms with Crippen molar-refractivity contribution in [1.29, 1.82) is 0 Å². The third-order valence-corrected chi connectivity index (χ3v) is 8.50. The van der Waals surface area contributed by atoms with Gasteiger partial charge in [0.15, 0.2) is 0 Å². The molecule has 0 aliphatic rings. The molecule has 0 saturated carbocycles. The van der Waals surface area contributed by atoms with Crippen LogP contribution in [-0.4, -0.2) is 60.9 Å². The van der Waals surface area contributed by atoms with Crippen LogP contribution >= 0.6 is 0 Å². The van der Waals surface area contributed by atoms with Crippen molar-refractivity contribution in [2.24, 2.45) is 0 Å². The fraction of sp³-hybridized carbons (Fsp3) is 0.789. The second-order valence-corrected chi connectivity index (χ2v) is 12.0. The Kier molecular flexibility index (Phi) is 13.0. The molecule has 5 heteroatoms. The number of terminal acetylenes is 1. The van der Waals surface area contributed by atoms with E-state index in [1.807, 2.05) is 0 Å². The van der Waals surface area contributed by atoms with Crippen molar-refractivity contribution >= 4 is 8.07 Å². The predicted octanol–water partition coefficient (Wildman–Crippen LogP) is 3.13. The van der Waals surface area contributed by atoms with E-state index in [2.05, 4.69) is 51.2 Å². The zero-order valence-corrected chi connectivity index (χ0v) is 17.1. The molecule has 0 bridgehead atoms. The summed E-state index contributed by atoms with van der Waals surface area (Å²) in [5.41, 5.74) is 3.48. The van der Waals surface area contributed by atoms with Gasteiger partial charge in [-0.25, -0.2) is 0 Å². The van der Waals surface area contributed by atoms with Crippen LogP contribution in [0.2, 0.25) is 18.1 Å². The Balaban J connectivity index is 3.40. The van der Waals surface area contributed by atoms with Crippen LogP contribution < -0.4 is 0 Å². The van der Waals surface area contributed by atoms with Gasteiger partial charge in [-0.1, -0.05) is 39.8 Å². The highest BCUT2D eigenvalue weighted by molar-refractivity contribution is 6.87. The van der Waals surface area contributed by atoms with Crippen molar-refractivity contribution in [3.8, 4) is 23.8 Å². The topological polar surface area (TPSA) is 36.9 Å². The van der Waals surface area contributed by atoms with E-state index in [-0.39, 0.29) is 0 Å². The minimum absolute atomic E-state index is 0.310. The summed E-state index contributed by atoms with van der Waals surface area (Å²) in [6, 6.07) is 0. The van der Waals surface area contributed by atoms with Gasteiger partial charge in [0.2, 0.25) is 0 Å². The van der Waals surface area contributed by atoms with Crippen molar-refractivity contribution in [3.63, 3.8) is 0 Å². The fourth-order valence-corrected chi connectivity index (χ4v) is 2.33. The van der Waals surface area contributed by atoms with Gasteiger partial charge >= 0.3 is 0 Å². The SMILES string of the molecule is C#CCOCCOCCOCCOCCC#C[Si](C)(C)C(C)(C)C. The first-order chi connectivity index (χ1) is 11.3. The van der Waals surface area contributed by atoms with E-state index in [1.165, 1.54) is 0 Å². The molecular weight excluding hydrogens is 320 g/mol. The van der Waals surface area contributed by atoms with Crippen molar-refractivity contribution in [2.75, 3.05) is 52.9 Å². The van der Waals surface area contributed by atoms with E-state index in [1.54, 1.807) is 0 Å². The Labute approximate surface area is 149 Å². The average molecular weight is 355 g/mol. The van der Waals surface area contributed by atoms with E-state index < -0.39 is 8.07 Å². The highest BCUT2D eigenvalue weighted by atomic mass is 28.3. The normalized spacial score (nSPS) is 11.7. The monoisotopic (exact) mass is 354 g/mol. The quantitative estimate of drug-likeness (QED) is 0.306. The zero-order valence-electron chi connectivity index (χ0n) is 16.1. The molecule has 0 rings (SSSR count). The Morgan fingerprint density at radius 1 is 0.792 bits per heavy atom. The molecule has 0 spiro atoms. The lowest BCUT2D eigenvalue weighted by Crippen LogP contribution is -2.35. The van der Waals surface area contributed by atoms with Gasteiger partial charge in [-0.2, -0.15) is 0 Å². The summed E-state index contributed by atoms with van der Waals surface area (Å²) in [6.45, 7) is 15.8. The Bertz CT molecular complexity index is 410. The number of hydrogen-bond acceptors (Lipinski definition) is 4. The molecule has 0 unspecified atom stereocenters. The maximum atomic E-state index is 5.51. The van der Waals surface area contributed by atoms with Crippen LogP contribution in [-0.2, 0) is 18.9 Å². The molecule has 0 aromatic rings. The first-order valence-corrected chi connectivity index (χ1v) is 11.6. The molecule has 0 aromatic carbocycles. The zero-order chi connectivity index (χ0) is 18.3. The second kappa shape index (κ2) is 13.5. The number of hydrogen-bond donors (Lipinski definition) is 0. The van der Waals surface area contributed by atoms with Crippen molar-refractivity contribution in [3.05, 3.63) is 0 Å². The fourth-order valence-electron chi connectivity index (χ4n) is 1.39. The number of rotatable bonds is 12. The Hall–Kier alpha value is -0.823. The standard InChI is InChI=1S/C19H34O4Si/c1-7-10-20-12-14-22-16-17-23-15-13-21-11-8-9-18-24(5,6)19(2,3)4/h1H,8,10-17H2,2-6H3. The lowest BCUT2D eigenvalue weighted by atomic mass is 10.2. The first-order valence-electron chi connectivity index (χ1n) is 8.56. The summed E-state index contributed by atoms with van der Waals surface area (Å²) >= 11 is 0. The van der Waals surface area contributed by atoms with Crippen LogP contribution in [0.1, 0.15) is 27.2 Å². The summed E-state index contributed by atoms with van der Waals surface area (Å²) < 4.78 is 21.3. The van der Waals surface area contributed by atoms with Crippen molar-refractivity contribution < 1.29 is 18.9 Å². The summed E-state index contributed by atoms with van der Waals surface area (Å²) in [7, 11) is -1.48. The minimum atomic E-state index is -1.48. The van der Waals surface area contributed by atoms with E-state index in [0.29, 0.717) is 57.9 Å². The summed E-state index contributed by atoms with van der Waals surface area (Å²) in [4.78, 5) is 0. The Morgan fingerprint density at radius 2 is 1.25 bits per heavy atom. The maximum absolute atomic E-state index is 5.51. The molecule has 0 radical (unpaired) electrons. The van der Waals surface area contributed by atoms with Crippen LogP contribution in [0.3, 0.4) is 0 Å². The summed E-state index contributed by atoms with van der Waals surface area (Å²) in [6.07, 6.45) is 5.84. The lowest BCUT2D eigenvalue weighted by molar-refractivity contribution is 0.00197.